The van der Waals surface area contributed by atoms with Gasteiger partial charge in [0.1, 0.15) is 22.4 Å². The Labute approximate surface area is 131 Å². The number of aromatic nitrogens is 4. The average Bonchev–Trinajstić information content (AvgIpc) is 2.49. The quantitative estimate of drug-likeness (QED) is 0.450. The van der Waals surface area contributed by atoms with Gasteiger partial charge < -0.3 is 5.32 Å². The number of hydrogen-bond donors (Lipinski definition) is 1. The lowest BCUT2D eigenvalue weighted by molar-refractivity contribution is 1.06. The van der Waals surface area contributed by atoms with E-state index in [9.17, 15) is 0 Å². The van der Waals surface area contributed by atoms with Crippen molar-refractivity contribution in [3.63, 3.8) is 0 Å². The number of thioether (sulfide) groups is 1. The molecule has 106 valence electrons. The molecule has 1 aromatic carbocycles. The summed E-state index contributed by atoms with van der Waals surface area (Å²) in [6, 6.07) is 7.95. The summed E-state index contributed by atoms with van der Waals surface area (Å²) in [5.41, 5.74) is 3.38. The first-order valence-corrected chi connectivity index (χ1v) is 7.84. The highest BCUT2D eigenvalue weighted by molar-refractivity contribution is 7.98. The minimum atomic E-state index is 0.170. The number of benzene rings is 1. The SMILES string of the molecule is CSc1ncnc2c(Nc3ccccc3C)nc(Cl)nc12. The summed E-state index contributed by atoms with van der Waals surface area (Å²) in [6.45, 7) is 2.02. The minimum Gasteiger partial charge on any atom is -0.338 e. The maximum atomic E-state index is 6.03. The van der Waals surface area contributed by atoms with Gasteiger partial charge in [0.05, 0.1) is 0 Å². The van der Waals surface area contributed by atoms with Gasteiger partial charge in [-0.05, 0) is 36.4 Å². The number of halogens is 1. The number of anilines is 2. The van der Waals surface area contributed by atoms with Crippen LogP contribution in [0.1, 0.15) is 5.56 Å². The van der Waals surface area contributed by atoms with Crippen molar-refractivity contribution < 1.29 is 0 Å². The summed E-state index contributed by atoms with van der Waals surface area (Å²) < 4.78 is 0. The molecule has 1 N–H and O–H groups in total. The van der Waals surface area contributed by atoms with E-state index in [4.69, 9.17) is 11.6 Å². The number of para-hydroxylation sites is 1. The van der Waals surface area contributed by atoms with E-state index in [1.807, 2.05) is 37.4 Å². The third-order valence-electron chi connectivity index (χ3n) is 3.01. The van der Waals surface area contributed by atoms with Crippen LogP contribution in [0.3, 0.4) is 0 Å². The van der Waals surface area contributed by atoms with Crippen LogP contribution in [0.5, 0.6) is 0 Å². The largest absolute Gasteiger partial charge is 0.338 e. The van der Waals surface area contributed by atoms with Crippen LogP contribution in [-0.4, -0.2) is 26.2 Å². The monoisotopic (exact) mass is 317 g/mol. The predicted octanol–water partition coefficient (Wildman–Crippen LogP) is 3.85. The molecule has 2 heterocycles. The standard InChI is InChI=1S/C14H12ClN5S/c1-8-5-3-4-6-9(8)18-12-10-11(19-14(15)20-12)13(21-2)17-7-16-10/h3-7H,1-2H3,(H,18,19,20). The normalized spacial score (nSPS) is 10.8. The lowest BCUT2D eigenvalue weighted by atomic mass is 10.2. The highest BCUT2D eigenvalue weighted by atomic mass is 35.5. The van der Waals surface area contributed by atoms with Crippen LogP contribution in [0.15, 0.2) is 35.6 Å². The summed E-state index contributed by atoms with van der Waals surface area (Å²) in [7, 11) is 0. The highest BCUT2D eigenvalue weighted by Crippen LogP contribution is 2.28. The zero-order chi connectivity index (χ0) is 14.8. The van der Waals surface area contributed by atoms with Crippen molar-refractivity contribution in [2.24, 2.45) is 0 Å². The Kier molecular flexibility index (Phi) is 3.90. The van der Waals surface area contributed by atoms with Crippen LogP contribution < -0.4 is 5.32 Å². The van der Waals surface area contributed by atoms with E-state index in [0.717, 1.165) is 16.3 Å². The summed E-state index contributed by atoms with van der Waals surface area (Å²) >= 11 is 7.53. The van der Waals surface area contributed by atoms with E-state index >= 15 is 0 Å². The molecule has 3 rings (SSSR count). The first kappa shape index (κ1) is 14.0. The predicted molar refractivity (Wildman–Crippen MR) is 86.4 cm³/mol. The van der Waals surface area contributed by atoms with Gasteiger partial charge in [-0.1, -0.05) is 18.2 Å². The van der Waals surface area contributed by atoms with E-state index in [0.29, 0.717) is 16.9 Å². The van der Waals surface area contributed by atoms with Gasteiger partial charge in [0, 0.05) is 5.69 Å². The van der Waals surface area contributed by atoms with Gasteiger partial charge >= 0.3 is 0 Å². The van der Waals surface area contributed by atoms with Gasteiger partial charge in [-0.25, -0.2) is 15.0 Å². The average molecular weight is 318 g/mol. The number of rotatable bonds is 3. The molecule has 0 fully saturated rings. The maximum absolute atomic E-state index is 6.03. The molecule has 0 spiro atoms. The molecule has 0 aliphatic rings. The van der Waals surface area contributed by atoms with Crippen molar-refractivity contribution in [2.45, 2.75) is 11.9 Å². The molecule has 5 nitrogen and oxygen atoms in total. The van der Waals surface area contributed by atoms with Crippen molar-refractivity contribution in [3.05, 3.63) is 41.4 Å². The second-order valence-electron chi connectivity index (χ2n) is 4.36. The van der Waals surface area contributed by atoms with Crippen LogP contribution in [0.2, 0.25) is 5.28 Å². The van der Waals surface area contributed by atoms with Crippen molar-refractivity contribution in [1.29, 1.82) is 0 Å². The first-order valence-electron chi connectivity index (χ1n) is 6.24. The number of hydrogen-bond acceptors (Lipinski definition) is 6. The van der Waals surface area contributed by atoms with E-state index in [1.54, 1.807) is 0 Å². The Morgan fingerprint density at radius 3 is 2.67 bits per heavy atom. The van der Waals surface area contributed by atoms with E-state index in [-0.39, 0.29) is 5.28 Å². The number of aryl methyl sites for hydroxylation is 1. The Balaban J connectivity index is 2.16. The van der Waals surface area contributed by atoms with Gasteiger partial charge in [0.2, 0.25) is 5.28 Å². The van der Waals surface area contributed by atoms with Crippen LogP contribution >= 0.6 is 23.4 Å². The van der Waals surface area contributed by atoms with Crippen LogP contribution in [0.4, 0.5) is 11.5 Å². The lowest BCUT2D eigenvalue weighted by Gasteiger charge is -2.11. The van der Waals surface area contributed by atoms with E-state index in [2.05, 4.69) is 25.3 Å². The van der Waals surface area contributed by atoms with Crippen LogP contribution in [0, 0.1) is 6.92 Å². The second-order valence-corrected chi connectivity index (χ2v) is 5.49. The van der Waals surface area contributed by atoms with Gasteiger partial charge in [0.15, 0.2) is 5.82 Å². The molecule has 21 heavy (non-hydrogen) atoms. The molecule has 2 aromatic heterocycles. The van der Waals surface area contributed by atoms with Gasteiger partial charge in [-0.2, -0.15) is 4.98 Å². The second kappa shape index (κ2) is 5.83. The molecular formula is C14H12ClN5S. The third-order valence-corrected chi connectivity index (χ3v) is 3.87. The summed E-state index contributed by atoms with van der Waals surface area (Å²) in [6.07, 6.45) is 3.45. The molecule has 0 aliphatic heterocycles. The molecular weight excluding hydrogens is 306 g/mol. The molecule has 7 heteroatoms. The Bertz CT molecular complexity index is 808. The molecule has 0 saturated carbocycles. The molecule has 3 aromatic rings. The fraction of sp³-hybridized carbons (Fsp3) is 0.143. The topological polar surface area (TPSA) is 63.6 Å². The van der Waals surface area contributed by atoms with E-state index in [1.165, 1.54) is 18.1 Å². The Morgan fingerprint density at radius 2 is 1.90 bits per heavy atom. The summed E-state index contributed by atoms with van der Waals surface area (Å²) in [5, 5.41) is 4.22. The Hall–Kier alpha value is -1.92. The first-order chi connectivity index (χ1) is 10.2. The fourth-order valence-corrected chi connectivity index (χ4v) is 2.63. The summed E-state index contributed by atoms with van der Waals surface area (Å²) in [4.78, 5) is 17.0. The molecule has 0 bridgehead atoms. The van der Waals surface area contributed by atoms with E-state index < -0.39 is 0 Å². The maximum Gasteiger partial charge on any atom is 0.225 e. The van der Waals surface area contributed by atoms with Crippen molar-refractivity contribution >= 4 is 45.9 Å². The molecule has 0 aliphatic carbocycles. The zero-order valence-corrected chi connectivity index (χ0v) is 13.0. The van der Waals surface area contributed by atoms with Crippen molar-refractivity contribution in [3.8, 4) is 0 Å². The van der Waals surface area contributed by atoms with Gasteiger partial charge in [0.25, 0.3) is 0 Å². The molecule has 0 saturated heterocycles. The van der Waals surface area contributed by atoms with Gasteiger partial charge in [-0.3, -0.25) is 0 Å². The third kappa shape index (κ3) is 2.77. The number of nitrogens with one attached hydrogen (secondary N) is 1. The van der Waals surface area contributed by atoms with Gasteiger partial charge in [-0.15, -0.1) is 11.8 Å². The van der Waals surface area contributed by atoms with Crippen LogP contribution in [0.25, 0.3) is 11.0 Å². The number of fused-ring (bicyclic) bond motifs is 1. The van der Waals surface area contributed by atoms with Crippen molar-refractivity contribution in [1.82, 2.24) is 19.9 Å². The lowest BCUT2D eigenvalue weighted by Crippen LogP contribution is -2.01. The smallest absolute Gasteiger partial charge is 0.225 e. The number of nitrogens with zero attached hydrogens (tertiary/aromatic N) is 4. The highest BCUT2D eigenvalue weighted by Gasteiger charge is 2.13. The summed E-state index contributed by atoms with van der Waals surface area (Å²) in [5.74, 6) is 0.581. The zero-order valence-electron chi connectivity index (χ0n) is 11.5. The molecule has 0 amide bonds. The molecule has 0 unspecified atom stereocenters. The fourth-order valence-electron chi connectivity index (χ4n) is 1.98. The minimum absolute atomic E-state index is 0.170. The van der Waals surface area contributed by atoms with Crippen LogP contribution in [-0.2, 0) is 0 Å². The van der Waals surface area contributed by atoms with Crippen molar-refractivity contribution in [2.75, 3.05) is 11.6 Å². The molecule has 0 radical (unpaired) electrons. The molecule has 0 atom stereocenters. The Morgan fingerprint density at radius 1 is 1.10 bits per heavy atom.